The van der Waals surface area contributed by atoms with E-state index in [1.807, 2.05) is 0 Å². The number of hydrogen-bond acceptors (Lipinski definition) is 3. The van der Waals surface area contributed by atoms with Crippen LogP contribution in [0, 0.1) is 0 Å². The minimum Gasteiger partial charge on any atom is -0.313 e. The molecule has 0 fully saturated rings. The summed E-state index contributed by atoms with van der Waals surface area (Å²) in [4.78, 5) is 11.4. The highest BCUT2D eigenvalue weighted by molar-refractivity contribution is 8.14. The van der Waals surface area contributed by atoms with Crippen molar-refractivity contribution in [2.75, 3.05) is 13.1 Å². The maximum Gasteiger partial charge on any atom is 0.189 e. The van der Waals surface area contributed by atoms with Gasteiger partial charge in [-0.15, -0.1) is 0 Å². The highest BCUT2D eigenvalue weighted by atomic mass is 32.2. The minimum atomic E-state index is 0.325. The molecule has 3 heteroatoms. The summed E-state index contributed by atoms with van der Waals surface area (Å²) >= 11 is 1.46. The SMILES string of the molecule is CC(C)SC(=O)CCC1=CCCNC1. The van der Waals surface area contributed by atoms with Crippen LogP contribution in [0.2, 0.25) is 0 Å². The minimum absolute atomic E-state index is 0.325. The Morgan fingerprint density at radius 3 is 3.00 bits per heavy atom. The summed E-state index contributed by atoms with van der Waals surface area (Å²) in [6, 6.07) is 0. The van der Waals surface area contributed by atoms with Gasteiger partial charge in [0.1, 0.15) is 0 Å². The fourth-order valence-electron chi connectivity index (χ4n) is 1.47. The molecular formula is C11H19NOS. The lowest BCUT2D eigenvalue weighted by Crippen LogP contribution is -2.22. The summed E-state index contributed by atoms with van der Waals surface area (Å²) in [5.41, 5.74) is 1.40. The van der Waals surface area contributed by atoms with E-state index >= 15 is 0 Å². The van der Waals surface area contributed by atoms with Gasteiger partial charge in [-0.25, -0.2) is 0 Å². The van der Waals surface area contributed by atoms with Crippen LogP contribution < -0.4 is 5.32 Å². The number of nitrogens with one attached hydrogen (secondary N) is 1. The highest BCUT2D eigenvalue weighted by Gasteiger charge is 2.08. The van der Waals surface area contributed by atoms with Crippen LogP contribution in [0.5, 0.6) is 0 Å². The van der Waals surface area contributed by atoms with Gasteiger partial charge in [0.05, 0.1) is 0 Å². The zero-order valence-corrected chi connectivity index (χ0v) is 9.82. The molecule has 0 aromatic heterocycles. The quantitative estimate of drug-likeness (QED) is 0.727. The summed E-state index contributed by atoms with van der Waals surface area (Å²) in [5, 5.41) is 4.06. The summed E-state index contributed by atoms with van der Waals surface area (Å²) in [6.07, 6.45) is 5.01. The molecule has 0 saturated carbocycles. The summed E-state index contributed by atoms with van der Waals surface area (Å²) < 4.78 is 0. The molecule has 0 unspecified atom stereocenters. The van der Waals surface area contributed by atoms with E-state index in [1.165, 1.54) is 17.3 Å². The molecule has 1 N–H and O–H groups in total. The van der Waals surface area contributed by atoms with E-state index in [1.54, 1.807) is 0 Å². The smallest absolute Gasteiger partial charge is 0.189 e. The largest absolute Gasteiger partial charge is 0.313 e. The van der Waals surface area contributed by atoms with Crippen molar-refractivity contribution in [1.82, 2.24) is 5.32 Å². The predicted molar refractivity (Wildman–Crippen MR) is 62.5 cm³/mol. The summed E-state index contributed by atoms with van der Waals surface area (Å²) in [6.45, 7) is 6.17. The Balaban J connectivity index is 2.19. The molecule has 14 heavy (non-hydrogen) atoms. The van der Waals surface area contributed by atoms with Gasteiger partial charge >= 0.3 is 0 Å². The Morgan fingerprint density at radius 1 is 1.64 bits per heavy atom. The van der Waals surface area contributed by atoms with Crippen molar-refractivity contribution >= 4 is 16.9 Å². The molecule has 0 spiro atoms. The summed E-state index contributed by atoms with van der Waals surface area (Å²) in [5.74, 6) is 0. The van der Waals surface area contributed by atoms with E-state index in [0.717, 1.165) is 25.9 Å². The number of rotatable bonds is 4. The van der Waals surface area contributed by atoms with E-state index in [9.17, 15) is 4.79 Å². The Hall–Kier alpha value is -0.280. The fourth-order valence-corrected chi connectivity index (χ4v) is 2.22. The first-order valence-electron chi connectivity index (χ1n) is 5.26. The van der Waals surface area contributed by atoms with Gasteiger partial charge in [-0.05, 0) is 19.4 Å². The van der Waals surface area contributed by atoms with Crippen LogP contribution in [0.15, 0.2) is 11.6 Å². The molecule has 1 heterocycles. The van der Waals surface area contributed by atoms with Crippen LogP contribution in [-0.4, -0.2) is 23.5 Å². The van der Waals surface area contributed by atoms with Crippen LogP contribution in [-0.2, 0) is 4.79 Å². The summed E-state index contributed by atoms with van der Waals surface area (Å²) in [7, 11) is 0. The standard InChI is InChI=1S/C11H19NOS/c1-9(2)14-11(13)6-5-10-4-3-7-12-8-10/h4,9,12H,3,5-8H2,1-2H3. The van der Waals surface area contributed by atoms with E-state index < -0.39 is 0 Å². The van der Waals surface area contributed by atoms with Crippen LogP contribution in [0.3, 0.4) is 0 Å². The molecule has 1 aliphatic rings. The average molecular weight is 213 g/mol. The van der Waals surface area contributed by atoms with Gasteiger partial charge in [-0.3, -0.25) is 4.79 Å². The molecular weight excluding hydrogens is 194 g/mol. The highest BCUT2D eigenvalue weighted by Crippen LogP contribution is 2.17. The maximum absolute atomic E-state index is 11.4. The molecule has 0 aromatic carbocycles. The first kappa shape index (κ1) is 11.8. The molecule has 80 valence electrons. The lowest BCUT2D eigenvalue weighted by atomic mass is 10.1. The number of carbonyl (C=O) groups is 1. The molecule has 2 nitrogen and oxygen atoms in total. The maximum atomic E-state index is 11.4. The van der Waals surface area contributed by atoms with E-state index in [-0.39, 0.29) is 0 Å². The van der Waals surface area contributed by atoms with Gasteiger partial charge in [-0.1, -0.05) is 37.3 Å². The zero-order valence-electron chi connectivity index (χ0n) is 9.01. The van der Waals surface area contributed by atoms with Gasteiger partial charge in [0, 0.05) is 18.2 Å². The second-order valence-electron chi connectivity index (χ2n) is 3.87. The van der Waals surface area contributed by atoms with Crippen molar-refractivity contribution in [3.8, 4) is 0 Å². The molecule has 0 atom stereocenters. The van der Waals surface area contributed by atoms with Crippen molar-refractivity contribution in [2.45, 2.75) is 38.4 Å². The molecule has 0 amide bonds. The van der Waals surface area contributed by atoms with Crippen molar-refractivity contribution in [1.29, 1.82) is 0 Å². The van der Waals surface area contributed by atoms with Crippen molar-refractivity contribution < 1.29 is 4.79 Å². The monoisotopic (exact) mass is 213 g/mol. The second kappa shape index (κ2) is 6.25. The Kier molecular flexibility index (Phi) is 5.26. The Morgan fingerprint density at radius 2 is 2.43 bits per heavy atom. The van der Waals surface area contributed by atoms with Gasteiger partial charge in [0.25, 0.3) is 0 Å². The topological polar surface area (TPSA) is 29.1 Å². The zero-order chi connectivity index (χ0) is 10.4. The molecule has 0 saturated heterocycles. The molecule has 0 aliphatic carbocycles. The third-order valence-electron chi connectivity index (χ3n) is 2.12. The predicted octanol–water partition coefficient (Wildman–Crippen LogP) is 2.35. The lowest BCUT2D eigenvalue weighted by molar-refractivity contribution is -0.110. The Bertz CT molecular complexity index is 223. The Labute approximate surface area is 90.5 Å². The van der Waals surface area contributed by atoms with Gasteiger partial charge in [-0.2, -0.15) is 0 Å². The fraction of sp³-hybridized carbons (Fsp3) is 0.727. The molecule has 1 aliphatic heterocycles. The first-order valence-corrected chi connectivity index (χ1v) is 6.14. The third kappa shape index (κ3) is 4.82. The number of hydrogen-bond donors (Lipinski definition) is 1. The van der Waals surface area contributed by atoms with Crippen LogP contribution in [0.1, 0.15) is 33.1 Å². The van der Waals surface area contributed by atoms with Crippen molar-refractivity contribution in [3.63, 3.8) is 0 Å². The van der Waals surface area contributed by atoms with Crippen LogP contribution >= 0.6 is 11.8 Å². The number of thioether (sulfide) groups is 1. The normalized spacial score (nSPS) is 16.9. The van der Waals surface area contributed by atoms with Crippen LogP contribution in [0.25, 0.3) is 0 Å². The van der Waals surface area contributed by atoms with Gasteiger partial charge < -0.3 is 5.32 Å². The van der Waals surface area contributed by atoms with E-state index in [0.29, 0.717) is 16.8 Å². The van der Waals surface area contributed by atoms with Crippen molar-refractivity contribution in [2.24, 2.45) is 0 Å². The molecule has 0 radical (unpaired) electrons. The third-order valence-corrected chi connectivity index (χ3v) is 3.06. The van der Waals surface area contributed by atoms with E-state index in [4.69, 9.17) is 0 Å². The average Bonchev–Trinajstić information content (AvgIpc) is 2.15. The first-order chi connectivity index (χ1) is 6.68. The molecule has 0 bridgehead atoms. The molecule has 1 rings (SSSR count). The van der Waals surface area contributed by atoms with Gasteiger partial charge in [0.2, 0.25) is 0 Å². The van der Waals surface area contributed by atoms with Crippen LogP contribution in [0.4, 0.5) is 0 Å². The lowest BCUT2D eigenvalue weighted by Gasteiger charge is -2.13. The second-order valence-corrected chi connectivity index (χ2v) is 5.50. The van der Waals surface area contributed by atoms with Gasteiger partial charge in [0.15, 0.2) is 5.12 Å². The number of carbonyl (C=O) groups excluding carboxylic acids is 1. The van der Waals surface area contributed by atoms with E-state index in [2.05, 4.69) is 25.2 Å². The molecule has 0 aromatic rings. The van der Waals surface area contributed by atoms with Crippen molar-refractivity contribution in [3.05, 3.63) is 11.6 Å².